The number of aromatic nitrogens is 4. The van der Waals surface area contributed by atoms with Crippen molar-refractivity contribution in [2.24, 2.45) is 0 Å². The summed E-state index contributed by atoms with van der Waals surface area (Å²) < 4.78 is 2.03. The van der Waals surface area contributed by atoms with E-state index in [-0.39, 0.29) is 0 Å². The van der Waals surface area contributed by atoms with E-state index in [1.54, 1.807) is 6.20 Å². The summed E-state index contributed by atoms with van der Waals surface area (Å²) in [7, 11) is 0. The van der Waals surface area contributed by atoms with Crippen LogP contribution in [0.15, 0.2) is 42.9 Å². The highest BCUT2D eigenvalue weighted by Crippen LogP contribution is 2.25. The topological polar surface area (TPSA) is 63.9 Å². The summed E-state index contributed by atoms with van der Waals surface area (Å²) in [4.78, 5) is 23.5. The van der Waals surface area contributed by atoms with Gasteiger partial charge in [-0.05, 0) is 31.4 Å². The number of carbonyl (C=O) groups is 1. The van der Waals surface area contributed by atoms with Gasteiger partial charge in [-0.25, -0.2) is 4.98 Å². The van der Waals surface area contributed by atoms with Crippen molar-refractivity contribution in [2.75, 3.05) is 13.1 Å². The Balaban J connectivity index is 1.39. The first-order valence-corrected chi connectivity index (χ1v) is 10.3. The lowest BCUT2D eigenvalue weighted by Gasteiger charge is -2.32. The molecule has 28 heavy (non-hydrogen) atoms. The van der Waals surface area contributed by atoms with Crippen molar-refractivity contribution in [1.82, 2.24) is 24.6 Å². The van der Waals surface area contributed by atoms with Crippen molar-refractivity contribution in [1.29, 1.82) is 0 Å². The van der Waals surface area contributed by atoms with Gasteiger partial charge >= 0.3 is 0 Å². The van der Waals surface area contributed by atoms with Crippen LogP contribution in [0, 0.1) is 0 Å². The fourth-order valence-electron chi connectivity index (χ4n) is 3.83. The molecule has 1 aliphatic heterocycles. The second-order valence-electron chi connectivity index (χ2n) is 7.52. The Morgan fingerprint density at radius 1 is 1.11 bits per heavy atom. The van der Waals surface area contributed by atoms with E-state index in [4.69, 9.17) is 4.98 Å². The van der Waals surface area contributed by atoms with Gasteiger partial charge in [0.25, 0.3) is 0 Å². The summed E-state index contributed by atoms with van der Waals surface area (Å²) in [6.07, 6.45) is 11.6. The van der Waals surface area contributed by atoms with Gasteiger partial charge in [-0.1, -0.05) is 31.9 Å². The molecule has 4 rings (SSSR count). The second-order valence-corrected chi connectivity index (χ2v) is 7.52. The molecule has 0 unspecified atom stereocenters. The van der Waals surface area contributed by atoms with E-state index in [1.807, 2.05) is 40.0 Å². The van der Waals surface area contributed by atoms with E-state index >= 15 is 0 Å². The Morgan fingerprint density at radius 2 is 1.89 bits per heavy atom. The van der Waals surface area contributed by atoms with Crippen LogP contribution in [-0.4, -0.2) is 43.6 Å². The molecule has 0 aliphatic carbocycles. The Hall–Kier alpha value is -2.76. The molecule has 146 valence electrons. The van der Waals surface area contributed by atoms with Crippen LogP contribution in [0.25, 0.3) is 22.3 Å². The van der Waals surface area contributed by atoms with E-state index in [2.05, 4.69) is 23.2 Å². The van der Waals surface area contributed by atoms with Crippen molar-refractivity contribution in [2.45, 2.75) is 51.5 Å². The van der Waals surface area contributed by atoms with Crippen LogP contribution >= 0.6 is 0 Å². The largest absolute Gasteiger partial charge is 0.343 e. The fourth-order valence-corrected chi connectivity index (χ4v) is 3.83. The number of amides is 1. The molecule has 0 spiro atoms. The number of unbranched alkanes of at least 4 members (excludes halogenated alkanes) is 2. The maximum absolute atomic E-state index is 12.3. The predicted molar refractivity (Wildman–Crippen MR) is 110 cm³/mol. The molecule has 0 bridgehead atoms. The molecule has 0 N–H and O–H groups in total. The number of nitrogens with zero attached hydrogens (tertiary/aromatic N) is 5. The van der Waals surface area contributed by atoms with Crippen LogP contribution < -0.4 is 0 Å². The van der Waals surface area contributed by atoms with E-state index in [0.29, 0.717) is 18.4 Å². The number of likely N-dealkylation sites (tertiary alicyclic amines) is 1. The van der Waals surface area contributed by atoms with Gasteiger partial charge in [0.05, 0.1) is 35.2 Å². The number of fused-ring (bicyclic) bond motifs is 1. The maximum Gasteiger partial charge on any atom is 0.222 e. The standard InChI is InChI=1S/C22H27N5O/c1-2-3-4-9-22(28)26-12-10-18(11-13-26)27-16-17(14-24-27)21-15-23-19-7-5-6-8-20(19)25-21/h5-8,14-16,18H,2-4,9-13H2,1H3. The van der Waals surface area contributed by atoms with Crippen LogP contribution in [0.4, 0.5) is 0 Å². The molecule has 1 amide bonds. The molecule has 1 aliphatic rings. The first kappa shape index (κ1) is 18.6. The zero-order valence-electron chi connectivity index (χ0n) is 16.4. The van der Waals surface area contributed by atoms with Gasteiger partial charge in [0.15, 0.2) is 0 Å². The highest BCUT2D eigenvalue weighted by Gasteiger charge is 2.24. The molecule has 3 heterocycles. The Morgan fingerprint density at radius 3 is 2.68 bits per heavy atom. The van der Waals surface area contributed by atoms with E-state index in [0.717, 1.165) is 67.5 Å². The molecule has 6 nitrogen and oxygen atoms in total. The number of rotatable bonds is 6. The molecule has 6 heteroatoms. The Kier molecular flexibility index (Phi) is 5.65. The normalized spacial score (nSPS) is 15.2. The average molecular weight is 377 g/mol. The van der Waals surface area contributed by atoms with Gasteiger partial charge in [0, 0.05) is 31.3 Å². The molecule has 1 saturated heterocycles. The second kappa shape index (κ2) is 8.50. The van der Waals surface area contributed by atoms with Crippen LogP contribution in [0.2, 0.25) is 0 Å². The van der Waals surface area contributed by atoms with Crippen LogP contribution in [0.5, 0.6) is 0 Å². The van der Waals surface area contributed by atoms with Crippen molar-refractivity contribution in [3.05, 3.63) is 42.9 Å². The van der Waals surface area contributed by atoms with Crippen molar-refractivity contribution in [3.63, 3.8) is 0 Å². The lowest BCUT2D eigenvalue weighted by Crippen LogP contribution is -2.39. The Bertz CT molecular complexity index is 943. The summed E-state index contributed by atoms with van der Waals surface area (Å²) >= 11 is 0. The molecule has 1 aromatic carbocycles. The van der Waals surface area contributed by atoms with E-state index < -0.39 is 0 Å². The smallest absolute Gasteiger partial charge is 0.222 e. The molecular weight excluding hydrogens is 350 g/mol. The van der Waals surface area contributed by atoms with Crippen molar-refractivity contribution < 1.29 is 4.79 Å². The van der Waals surface area contributed by atoms with E-state index in [9.17, 15) is 4.79 Å². The lowest BCUT2D eigenvalue weighted by atomic mass is 10.0. The first-order valence-electron chi connectivity index (χ1n) is 10.3. The van der Waals surface area contributed by atoms with Gasteiger partial charge in [0.2, 0.25) is 5.91 Å². The SMILES string of the molecule is CCCCCC(=O)N1CCC(n2cc(-c3cnc4ccccc4n3)cn2)CC1. The van der Waals surface area contributed by atoms with Crippen molar-refractivity contribution in [3.8, 4) is 11.3 Å². The zero-order chi connectivity index (χ0) is 19.3. The highest BCUT2D eigenvalue weighted by molar-refractivity contribution is 5.77. The molecule has 1 fully saturated rings. The number of hydrogen-bond donors (Lipinski definition) is 0. The molecule has 0 saturated carbocycles. The number of carbonyl (C=O) groups excluding carboxylic acids is 1. The summed E-state index contributed by atoms with van der Waals surface area (Å²) in [5, 5.41) is 4.57. The van der Waals surface area contributed by atoms with Gasteiger partial charge < -0.3 is 4.90 Å². The first-order chi connectivity index (χ1) is 13.7. The van der Waals surface area contributed by atoms with Gasteiger partial charge in [-0.3, -0.25) is 14.5 Å². The summed E-state index contributed by atoms with van der Waals surface area (Å²) in [5.41, 5.74) is 3.61. The fraction of sp³-hybridized carbons (Fsp3) is 0.455. The predicted octanol–water partition coefficient (Wildman–Crippen LogP) is 4.24. The van der Waals surface area contributed by atoms with E-state index in [1.165, 1.54) is 0 Å². The maximum atomic E-state index is 12.3. The third-order valence-electron chi connectivity index (χ3n) is 5.53. The summed E-state index contributed by atoms with van der Waals surface area (Å²) in [6.45, 7) is 3.80. The Labute approximate surface area is 165 Å². The molecule has 2 aromatic heterocycles. The quantitative estimate of drug-likeness (QED) is 0.603. The monoisotopic (exact) mass is 377 g/mol. The number of benzene rings is 1. The number of piperidine rings is 1. The lowest BCUT2D eigenvalue weighted by molar-refractivity contribution is -0.132. The minimum Gasteiger partial charge on any atom is -0.343 e. The molecule has 0 atom stereocenters. The molecule has 3 aromatic rings. The molecular formula is C22H27N5O. The van der Waals surface area contributed by atoms with Gasteiger partial charge in [-0.15, -0.1) is 0 Å². The highest BCUT2D eigenvalue weighted by atomic mass is 16.2. The van der Waals surface area contributed by atoms with Gasteiger partial charge in [0.1, 0.15) is 0 Å². The third-order valence-corrected chi connectivity index (χ3v) is 5.53. The zero-order valence-corrected chi connectivity index (χ0v) is 16.4. The molecule has 0 radical (unpaired) electrons. The number of para-hydroxylation sites is 2. The summed E-state index contributed by atoms with van der Waals surface area (Å²) in [6, 6.07) is 8.22. The minimum atomic E-state index is 0.305. The minimum absolute atomic E-state index is 0.305. The third kappa shape index (κ3) is 4.06. The number of hydrogen-bond acceptors (Lipinski definition) is 4. The van der Waals surface area contributed by atoms with Crippen LogP contribution in [0.1, 0.15) is 51.5 Å². The summed E-state index contributed by atoms with van der Waals surface area (Å²) in [5.74, 6) is 0.305. The van der Waals surface area contributed by atoms with Crippen molar-refractivity contribution >= 4 is 16.9 Å². The van der Waals surface area contributed by atoms with Crippen LogP contribution in [-0.2, 0) is 4.79 Å². The van der Waals surface area contributed by atoms with Crippen LogP contribution in [0.3, 0.4) is 0 Å². The van der Waals surface area contributed by atoms with Gasteiger partial charge in [-0.2, -0.15) is 5.10 Å². The average Bonchev–Trinajstić information content (AvgIpc) is 3.24.